The first-order valence-electron chi connectivity index (χ1n) is 14.6. The summed E-state index contributed by atoms with van der Waals surface area (Å²) in [6, 6.07) is 5.34. The van der Waals surface area contributed by atoms with Crippen molar-refractivity contribution in [2.75, 3.05) is 13.2 Å². The maximum atomic E-state index is 12.6. The normalized spacial score (nSPS) is 11.1. The minimum absolute atomic E-state index is 0.206. The largest absolute Gasteiger partial charge is 0.493 e. The molecular weight excluding hydrogens is 468 g/mol. The van der Waals surface area contributed by atoms with Gasteiger partial charge in [0.25, 0.3) is 5.75 Å². The molecule has 0 radical (unpaired) electrons. The quantitative estimate of drug-likeness (QED) is 0.0938. The third kappa shape index (κ3) is 11.6. The van der Waals surface area contributed by atoms with E-state index >= 15 is 0 Å². The van der Waals surface area contributed by atoms with Gasteiger partial charge in [-0.05, 0) is 25.0 Å². The van der Waals surface area contributed by atoms with Crippen LogP contribution >= 0.6 is 0 Å². The fourth-order valence-corrected chi connectivity index (χ4v) is 4.49. The molecule has 6 nitrogen and oxygen atoms in total. The molecule has 0 bridgehead atoms. The molecule has 0 saturated heterocycles. The van der Waals surface area contributed by atoms with E-state index in [-0.39, 0.29) is 11.5 Å². The predicted molar refractivity (Wildman–Crippen MR) is 150 cm³/mol. The number of hydrogen-bond acceptors (Lipinski definition) is 6. The summed E-state index contributed by atoms with van der Waals surface area (Å²) in [5, 5.41) is 0.539. The van der Waals surface area contributed by atoms with Gasteiger partial charge in [-0.25, -0.2) is 4.79 Å². The average Bonchev–Trinajstić information content (AvgIpc) is 2.88. The summed E-state index contributed by atoms with van der Waals surface area (Å²) in [4.78, 5) is 24.4. The van der Waals surface area contributed by atoms with Gasteiger partial charge in [-0.2, -0.15) is 0 Å². The molecule has 0 amide bonds. The number of ether oxygens (including phenoxy) is 3. The van der Waals surface area contributed by atoms with Gasteiger partial charge < -0.3 is 18.6 Å². The topological polar surface area (TPSA) is 75.0 Å². The van der Waals surface area contributed by atoms with Gasteiger partial charge in [-0.15, -0.1) is 0 Å². The van der Waals surface area contributed by atoms with E-state index in [0.717, 1.165) is 32.1 Å². The summed E-state index contributed by atoms with van der Waals surface area (Å²) in [5.74, 6) is 0.00283. The van der Waals surface area contributed by atoms with Crippen molar-refractivity contribution in [1.29, 1.82) is 0 Å². The van der Waals surface area contributed by atoms with E-state index in [1.165, 1.54) is 77.6 Å². The molecule has 0 fully saturated rings. The number of esters is 1. The highest BCUT2D eigenvalue weighted by molar-refractivity contribution is 5.92. The van der Waals surface area contributed by atoms with Crippen LogP contribution in [0.5, 0.6) is 17.2 Å². The first-order valence-corrected chi connectivity index (χ1v) is 14.6. The highest BCUT2D eigenvalue weighted by Crippen LogP contribution is 2.39. The Kier molecular flexibility index (Phi) is 15.5. The van der Waals surface area contributed by atoms with Crippen LogP contribution in [0.4, 0.5) is 0 Å². The zero-order valence-electron chi connectivity index (χ0n) is 23.4. The summed E-state index contributed by atoms with van der Waals surface area (Å²) in [6.45, 7) is 6.71. The van der Waals surface area contributed by atoms with E-state index in [9.17, 15) is 9.59 Å². The molecule has 6 heteroatoms. The Morgan fingerprint density at radius 2 is 1.22 bits per heavy atom. The Labute approximate surface area is 223 Å². The second kappa shape index (κ2) is 18.7. The lowest BCUT2D eigenvalue weighted by atomic mass is 10.1. The molecule has 0 spiro atoms. The lowest BCUT2D eigenvalue weighted by molar-refractivity contribution is -0.132. The van der Waals surface area contributed by atoms with Crippen LogP contribution in [0.15, 0.2) is 27.4 Å². The Hall–Kier alpha value is -2.50. The number of carbonyl (C=O) groups is 1. The predicted octanol–water partition coefficient (Wildman–Crippen LogP) is 8.76. The third-order valence-corrected chi connectivity index (χ3v) is 6.55. The molecule has 0 aliphatic carbocycles. The molecule has 0 N–H and O–H groups in total. The molecule has 0 aliphatic rings. The van der Waals surface area contributed by atoms with Crippen molar-refractivity contribution in [3.05, 3.63) is 28.6 Å². The van der Waals surface area contributed by atoms with Gasteiger partial charge in [0, 0.05) is 6.92 Å². The van der Waals surface area contributed by atoms with Gasteiger partial charge in [0.1, 0.15) is 16.7 Å². The van der Waals surface area contributed by atoms with E-state index in [1.807, 2.05) is 6.07 Å². The van der Waals surface area contributed by atoms with Crippen molar-refractivity contribution in [3.63, 3.8) is 0 Å². The first kappa shape index (κ1) is 30.7. The molecule has 37 heavy (non-hydrogen) atoms. The van der Waals surface area contributed by atoms with Crippen molar-refractivity contribution in [2.24, 2.45) is 0 Å². The van der Waals surface area contributed by atoms with E-state index in [0.29, 0.717) is 29.9 Å². The molecule has 208 valence electrons. The van der Waals surface area contributed by atoms with E-state index in [1.54, 1.807) is 12.1 Å². The highest BCUT2D eigenvalue weighted by atomic mass is 16.6. The summed E-state index contributed by atoms with van der Waals surface area (Å²) in [5.41, 5.74) is -0.367. The molecule has 0 aliphatic heterocycles. The highest BCUT2D eigenvalue weighted by Gasteiger charge is 2.22. The maximum absolute atomic E-state index is 12.6. The number of carbonyl (C=O) groups excluding carboxylic acids is 1. The fourth-order valence-electron chi connectivity index (χ4n) is 4.49. The summed E-state index contributed by atoms with van der Waals surface area (Å²) in [6.07, 6.45) is 19.2. The number of fused-ring (bicyclic) bond motifs is 1. The molecular formula is C31H48O6. The minimum atomic E-state index is -0.728. The zero-order chi connectivity index (χ0) is 26.7. The molecule has 0 saturated carbocycles. The van der Waals surface area contributed by atoms with Gasteiger partial charge in [0.2, 0.25) is 0 Å². The molecule has 2 rings (SSSR count). The van der Waals surface area contributed by atoms with Crippen LogP contribution in [0, 0.1) is 0 Å². The number of benzene rings is 1. The van der Waals surface area contributed by atoms with E-state index in [2.05, 4.69) is 13.8 Å². The van der Waals surface area contributed by atoms with Crippen molar-refractivity contribution >= 4 is 16.9 Å². The molecule has 1 aromatic heterocycles. The van der Waals surface area contributed by atoms with E-state index in [4.69, 9.17) is 18.6 Å². The van der Waals surface area contributed by atoms with Crippen LogP contribution in [0.25, 0.3) is 11.0 Å². The van der Waals surface area contributed by atoms with Gasteiger partial charge in [0.15, 0.2) is 5.75 Å². The Morgan fingerprint density at radius 3 is 1.76 bits per heavy atom. The van der Waals surface area contributed by atoms with Crippen LogP contribution in [-0.2, 0) is 4.79 Å². The molecule has 0 atom stereocenters. The molecule has 0 unspecified atom stereocenters. The van der Waals surface area contributed by atoms with Crippen LogP contribution in [-0.4, -0.2) is 19.2 Å². The van der Waals surface area contributed by atoms with Crippen LogP contribution in [0.3, 0.4) is 0 Å². The van der Waals surface area contributed by atoms with Crippen molar-refractivity contribution in [3.8, 4) is 17.2 Å². The fraction of sp³-hybridized carbons (Fsp3) is 0.677. The number of hydrogen-bond donors (Lipinski definition) is 0. The van der Waals surface area contributed by atoms with Gasteiger partial charge in [0.05, 0.1) is 13.2 Å². The van der Waals surface area contributed by atoms with Crippen LogP contribution in [0.1, 0.15) is 124 Å². The average molecular weight is 517 g/mol. The van der Waals surface area contributed by atoms with Gasteiger partial charge in [-0.1, -0.05) is 110 Å². The van der Waals surface area contributed by atoms with Crippen molar-refractivity contribution in [2.45, 2.75) is 124 Å². The molecule has 1 aromatic carbocycles. The maximum Gasteiger partial charge on any atom is 0.383 e. The summed E-state index contributed by atoms with van der Waals surface area (Å²) in [7, 11) is 0. The smallest absolute Gasteiger partial charge is 0.383 e. The second-order valence-electron chi connectivity index (χ2n) is 9.92. The van der Waals surface area contributed by atoms with Crippen LogP contribution < -0.4 is 19.8 Å². The molecule has 2 aromatic rings. The Balaban J connectivity index is 2.02. The summed E-state index contributed by atoms with van der Waals surface area (Å²) >= 11 is 0. The standard InChI is InChI=1S/C31H48O6/c1-4-6-8-10-12-14-16-18-23-34-26-21-20-22-27-28(26)29(30(31(33)37-27)36-25(3)32)35-24-19-17-15-13-11-9-7-5-2/h20-22H,4-19,23-24H2,1-3H3. The van der Waals surface area contributed by atoms with Crippen LogP contribution in [0.2, 0.25) is 0 Å². The molecule has 1 heterocycles. The zero-order valence-corrected chi connectivity index (χ0v) is 23.4. The van der Waals surface area contributed by atoms with Crippen molar-refractivity contribution in [1.82, 2.24) is 0 Å². The van der Waals surface area contributed by atoms with E-state index < -0.39 is 11.6 Å². The van der Waals surface area contributed by atoms with Gasteiger partial charge >= 0.3 is 11.6 Å². The SMILES string of the molecule is CCCCCCCCCCOc1cccc2oc(=O)c(OC(C)=O)c(OCCCCCCCCCC)c12. The summed E-state index contributed by atoms with van der Waals surface area (Å²) < 4.78 is 22.9. The van der Waals surface area contributed by atoms with Crippen molar-refractivity contribution < 1.29 is 23.4 Å². The first-order chi connectivity index (χ1) is 18.1. The monoisotopic (exact) mass is 516 g/mol. The minimum Gasteiger partial charge on any atom is -0.493 e. The lowest BCUT2D eigenvalue weighted by Gasteiger charge is -2.15. The third-order valence-electron chi connectivity index (χ3n) is 6.55. The second-order valence-corrected chi connectivity index (χ2v) is 9.92. The Morgan fingerprint density at radius 1 is 0.703 bits per heavy atom. The number of rotatable bonds is 21. The van der Waals surface area contributed by atoms with Gasteiger partial charge in [-0.3, -0.25) is 4.79 Å². The number of unbranched alkanes of at least 4 members (excludes halogenated alkanes) is 14. The Bertz CT molecular complexity index is 964. The lowest BCUT2D eigenvalue weighted by Crippen LogP contribution is -2.14.